The van der Waals surface area contributed by atoms with Gasteiger partial charge in [0.1, 0.15) is 28.7 Å². The van der Waals surface area contributed by atoms with Gasteiger partial charge in [-0.1, -0.05) is 18.5 Å². The number of ether oxygens (including phenoxy) is 2. The highest BCUT2D eigenvalue weighted by molar-refractivity contribution is 6.32. The van der Waals surface area contributed by atoms with Gasteiger partial charge >= 0.3 is 5.97 Å². The molecule has 1 heterocycles. The maximum atomic E-state index is 12.4. The molecule has 2 aromatic carbocycles. The number of carbonyl (C=O) groups is 1. The highest BCUT2D eigenvalue weighted by Gasteiger charge is 2.19. The zero-order valence-corrected chi connectivity index (χ0v) is 16.3. The van der Waals surface area contributed by atoms with Crippen LogP contribution in [-0.4, -0.2) is 18.0 Å². The summed E-state index contributed by atoms with van der Waals surface area (Å²) in [7, 11) is 1.44. The van der Waals surface area contributed by atoms with E-state index in [1.54, 1.807) is 12.1 Å². The van der Waals surface area contributed by atoms with Crippen LogP contribution < -0.4 is 10.2 Å². The molecule has 0 saturated heterocycles. The summed E-state index contributed by atoms with van der Waals surface area (Å²) >= 11 is 5.76. The third-order valence-corrected chi connectivity index (χ3v) is 4.62. The van der Waals surface area contributed by atoms with Gasteiger partial charge < -0.3 is 13.9 Å². The number of esters is 1. The number of fused-ring (bicyclic) bond motifs is 1. The van der Waals surface area contributed by atoms with E-state index in [2.05, 4.69) is 0 Å². The third kappa shape index (κ3) is 4.07. The average Bonchev–Trinajstić information content (AvgIpc) is 2.71. The lowest BCUT2D eigenvalue weighted by Gasteiger charge is -2.12. The van der Waals surface area contributed by atoms with Crippen LogP contribution in [0.1, 0.15) is 28.6 Å². The maximum absolute atomic E-state index is 12.4. The SMILES string of the molecule is CCc1cc(=O)c2ccc(OC)c(COC(=O)c3ccc(Cl)c([N+](=O)[O-])c3)c2o1. The number of nitro groups is 1. The third-order valence-electron chi connectivity index (χ3n) is 4.30. The van der Waals surface area contributed by atoms with Gasteiger partial charge in [0.05, 0.1) is 28.5 Å². The summed E-state index contributed by atoms with van der Waals surface area (Å²) in [6.07, 6.45) is 0.510. The van der Waals surface area contributed by atoms with Gasteiger partial charge in [-0.15, -0.1) is 0 Å². The number of benzene rings is 2. The molecule has 0 bridgehead atoms. The van der Waals surface area contributed by atoms with Crippen LogP contribution in [0.25, 0.3) is 11.0 Å². The minimum atomic E-state index is -0.794. The van der Waals surface area contributed by atoms with Crippen molar-refractivity contribution in [1.29, 1.82) is 0 Å². The van der Waals surface area contributed by atoms with Gasteiger partial charge in [0.25, 0.3) is 5.69 Å². The molecule has 8 nitrogen and oxygen atoms in total. The number of rotatable bonds is 6. The lowest BCUT2D eigenvalue weighted by molar-refractivity contribution is -0.384. The quantitative estimate of drug-likeness (QED) is 0.334. The summed E-state index contributed by atoms with van der Waals surface area (Å²) < 4.78 is 16.4. The molecule has 29 heavy (non-hydrogen) atoms. The van der Waals surface area contributed by atoms with Gasteiger partial charge in [-0.25, -0.2) is 4.79 Å². The Morgan fingerprint density at radius 3 is 2.66 bits per heavy atom. The summed E-state index contributed by atoms with van der Waals surface area (Å²) in [6.45, 7) is 1.59. The van der Waals surface area contributed by atoms with E-state index in [1.807, 2.05) is 6.92 Å². The molecule has 9 heteroatoms. The topological polar surface area (TPSA) is 109 Å². The molecule has 150 valence electrons. The van der Waals surface area contributed by atoms with Crippen LogP contribution in [0.15, 0.2) is 45.6 Å². The first-order valence-electron chi connectivity index (χ1n) is 8.59. The first-order chi connectivity index (χ1) is 13.8. The van der Waals surface area contributed by atoms with Gasteiger partial charge in [0.2, 0.25) is 0 Å². The van der Waals surface area contributed by atoms with Gasteiger partial charge in [0, 0.05) is 18.6 Å². The molecule has 0 amide bonds. The van der Waals surface area contributed by atoms with Crippen LogP contribution >= 0.6 is 11.6 Å². The fraction of sp³-hybridized carbons (Fsp3) is 0.200. The van der Waals surface area contributed by atoms with Crippen LogP contribution in [-0.2, 0) is 17.8 Å². The molecule has 0 saturated carbocycles. The van der Waals surface area contributed by atoms with Crippen molar-refractivity contribution in [3.63, 3.8) is 0 Å². The summed E-state index contributed by atoms with van der Waals surface area (Å²) in [5.74, 6) is 0.0678. The number of carbonyl (C=O) groups excluding carboxylic acids is 1. The minimum Gasteiger partial charge on any atom is -0.496 e. The zero-order chi connectivity index (χ0) is 21.1. The number of hydrogen-bond acceptors (Lipinski definition) is 7. The fourth-order valence-corrected chi connectivity index (χ4v) is 2.99. The second-order valence-electron chi connectivity index (χ2n) is 6.05. The van der Waals surface area contributed by atoms with Gasteiger partial charge in [0.15, 0.2) is 5.43 Å². The van der Waals surface area contributed by atoms with E-state index in [0.29, 0.717) is 28.9 Å². The predicted octanol–water partition coefficient (Wildman–Crippen LogP) is 4.28. The van der Waals surface area contributed by atoms with Crippen molar-refractivity contribution in [2.24, 2.45) is 0 Å². The standard InChI is InChI=1S/C20H16ClNO7/c1-3-12-9-17(23)13-5-7-18(27-2)14(19(13)29-12)10-28-20(24)11-4-6-15(21)16(8-11)22(25)26/h4-9H,3,10H2,1-2H3. The highest BCUT2D eigenvalue weighted by Crippen LogP contribution is 2.29. The molecule has 0 radical (unpaired) electrons. The number of halogens is 1. The smallest absolute Gasteiger partial charge is 0.338 e. The number of nitro benzene ring substituents is 1. The van der Waals surface area contributed by atoms with Crippen LogP contribution in [0.3, 0.4) is 0 Å². The first-order valence-corrected chi connectivity index (χ1v) is 8.97. The van der Waals surface area contributed by atoms with Crippen LogP contribution in [0.5, 0.6) is 5.75 Å². The predicted molar refractivity (Wildman–Crippen MR) is 106 cm³/mol. The Balaban J connectivity index is 1.97. The maximum Gasteiger partial charge on any atom is 0.338 e. The van der Waals surface area contributed by atoms with E-state index in [4.69, 9.17) is 25.5 Å². The summed E-state index contributed by atoms with van der Waals surface area (Å²) in [4.78, 5) is 35.0. The van der Waals surface area contributed by atoms with E-state index >= 15 is 0 Å². The molecule has 0 unspecified atom stereocenters. The highest BCUT2D eigenvalue weighted by atomic mass is 35.5. The zero-order valence-electron chi connectivity index (χ0n) is 15.6. The lowest BCUT2D eigenvalue weighted by atomic mass is 10.1. The van der Waals surface area contributed by atoms with Crippen molar-refractivity contribution in [1.82, 2.24) is 0 Å². The molecule has 0 aliphatic rings. The normalized spacial score (nSPS) is 10.7. The van der Waals surface area contributed by atoms with Gasteiger partial charge in [-0.3, -0.25) is 14.9 Å². The van der Waals surface area contributed by atoms with E-state index in [9.17, 15) is 19.7 Å². The number of aryl methyl sites for hydroxylation is 1. The number of nitrogens with zero attached hydrogens (tertiary/aromatic N) is 1. The van der Waals surface area contributed by atoms with Crippen LogP contribution in [0.4, 0.5) is 5.69 Å². The summed E-state index contributed by atoms with van der Waals surface area (Å²) in [6, 6.07) is 8.20. The van der Waals surface area contributed by atoms with Gasteiger partial charge in [-0.05, 0) is 24.3 Å². The van der Waals surface area contributed by atoms with E-state index < -0.39 is 16.6 Å². The molecule has 0 atom stereocenters. The van der Waals surface area contributed by atoms with Crippen LogP contribution in [0.2, 0.25) is 5.02 Å². The van der Waals surface area contributed by atoms with Crippen molar-refractivity contribution in [2.45, 2.75) is 20.0 Å². The summed E-state index contributed by atoms with van der Waals surface area (Å²) in [5, 5.41) is 11.3. The molecular formula is C20H16ClNO7. The largest absolute Gasteiger partial charge is 0.496 e. The molecule has 0 spiro atoms. The Morgan fingerprint density at radius 1 is 1.24 bits per heavy atom. The van der Waals surface area contributed by atoms with Crippen molar-refractivity contribution >= 4 is 34.2 Å². The molecule has 3 aromatic rings. The molecule has 0 N–H and O–H groups in total. The minimum absolute atomic E-state index is 0.0315. The molecule has 0 fully saturated rings. The molecule has 3 rings (SSSR count). The first kappa shape index (κ1) is 20.3. The Hall–Kier alpha value is -3.39. The van der Waals surface area contributed by atoms with Crippen molar-refractivity contribution in [3.8, 4) is 5.75 Å². The van der Waals surface area contributed by atoms with E-state index in [-0.39, 0.29) is 28.2 Å². The van der Waals surface area contributed by atoms with E-state index in [1.165, 1.54) is 25.3 Å². The van der Waals surface area contributed by atoms with Crippen molar-refractivity contribution < 1.29 is 23.6 Å². The summed E-state index contributed by atoms with van der Waals surface area (Å²) in [5.41, 5.74) is 0.00269. The second-order valence-corrected chi connectivity index (χ2v) is 6.46. The molecular weight excluding hydrogens is 402 g/mol. The Morgan fingerprint density at radius 2 is 2.00 bits per heavy atom. The Bertz CT molecular complexity index is 1170. The Kier molecular flexibility index (Phi) is 5.84. The molecule has 1 aromatic heterocycles. The van der Waals surface area contributed by atoms with Crippen molar-refractivity contribution in [3.05, 3.63) is 78.6 Å². The fourth-order valence-electron chi connectivity index (χ4n) is 2.81. The van der Waals surface area contributed by atoms with Gasteiger partial charge in [-0.2, -0.15) is 0 Å². The second kappa shape index (κ2) is 8.32. The van der Waals surface area contributed by atoms with Crippen LogP contribution in [0, 0.1) is 10.1 Å². The molecule has 0 aliphatic carbocycles. The monoisotopic (exact) mass is 417 g/mol. The average molecular weight is 418 g/mol. The number of methoxy groups -OCH3 is 1. The molecule has 0 aliphatic heterocycles. The van der Waals surface area contributed by atoms with E-state index in [0.717, 1.165) is 6.07 Å². The Labute approximate surface area is 169 Å². The lowest BCUT2D eigenvalue weighted by Crippen LogP contribution is -2.09. The number of hydrogen-bond donors (Lipinski definition) is 0. The van der Waals surface area contributed by atoms with Crippen molar-refractivity contribution in [2.75, 3.05) is 7.11 Å².